The van der Waals surface area contributed by atoms with Gasteiger partial charge in [0.2, 0.25) is 0 Å². The maximum absolute atomic E-state index is 11.4. The van der Waals surface area contributed by atoms with Crippen molar-refractivity contribution in [2.24, 2.45) is 0 Å². The molecule has 5 nitrogen and oxygen atoms in total. The molecule has 0 bridgehead atoms. The molecule has 1 aromatic heterocycles. The normalized spacial score (nSPS) is 20.1. The Kier molecular flexibility index (Phi) is 4.42. The number of carbonyl (C=O) groups is 1. The van der Waals surface area contributed by atoms with E-state index in [2.05, 4.69) is 27.0 Å². The Hall–Kier alpha value is -0.850. The molecule has 1 aliphatic rings. The summed E-state index contributed by atoms with van der Waals surface area (Å²) in [6.07, 6.45) is 2.42. The summed E-state index contributed by atoms with van der Waals surface area (Å²) >= 11 is 7.12. The molecule has 0 saturated carbocycles. The van der Waals surface area contributed by atoms with E-state index < -0.39 is 5.97 Å². The van der Waals surface area contributed by atoms with Crippen molar-refractivity contribution in [3.05, 3.63) is 10.0 Å². The van der Waals surface area contributed by atoms with E-state index >= 15 is 0 Å². The molecule has 0 amide bonds. The van der Waals surface area contributed by atoms with E-state index in [1.54, 1.807) is 0 Å². The number of likely N-dealkylation sites (N-methyl/N-ethyl adjacent to an activating group) is 1. The van der Waals surface area contributed by atoms with Crippen molar-refractivity contribution in [3.63, 3.8) is 0 Å². The van der Waals surface area contributed by atoms with E-state index in [0.717, 1.165) is 13.1 Å². The number of likely N-dealkylation sites (tertiary alicyclic amines) is 1. The van der Waals surface area contributed by atoms with Gasteiger partial charge < -0.3 is 15.0 Å². The molecule has 1 unspecified atom stereocenters. The fourth-order valence-corrected chi connectivity index (χ4v) is 3.15. The van der Waals surface area contributed by atoms with Crippen LogP contribution in [0.4, 0.5) is 5.13 Å². The van der Waals surface area contributed by atoms with Gasteiger partial charge in [0.25, 0.3) is 0 Å². The summed E-state index contributed by atoms with van der Waals surface area (Å²) in [5, 5.41) is 4.10. The highest BCUT2D eigenvalue weighted by Crippen LogP contribution is 2.28. The van der Waals surface area contributed by atoms with Gasteiger partial charge in [0.15, 0.2) is 15.2 Å². The molecule has 1 aliphatic heterocycles. The number of halogens is 1. The van der Waals surface area contributed by atoms with E-state index in [0.29, 0.717) is 16.1 Å². The van der Waals surface area contributed by atoms with Crippen molar-refractivity contribution in [1.29, 1.82) is 0 Å². The van der Waals surface area contributed by atoms with Crippen LogP contribution in [0.25, 0.3) is 0 Å². The molecule has 100 valence electrons. The van der Waals surface area contributed by atoms with Crippen LogP contribution in [0.5, 0.6) is 0 Å². The predicted octanol–water partition coefficient (Wildman–Crippen LogP) is 2.09. The molecule has 0 radical (unpaired) electrons. The first kappa shape index (κ1) is 13.6. The van der Waals surface area contributed by atoms with Crippen LogP contribution in [0.2, 0.25) is 5.15 Å². The standard InChI is InChI=1S/C11H16ClN3O2S/c1-15-5-3-4-7(15)6-13-11-14-9(12)8(18-11)10(16)17-2/h7H,3-6H2,1-2H3,(H,13,14). The molecule has 0 aromatic carbocycles. The largest absolute Gasteiger partial charge is 0.465 e. The van der Waals surface area contributed by atoms with Crippen molar-refractivity contribution in [2.75, 3.05) is 32.6 Å². The van der Waals surface area contributed by atoms with E-state index in [4.69, 9.17) is 11.6 Å². The second-order valence-corrected chi connectivity index (χ2v) is 5.65. The smallest absolute Gasteiger partial charge is 0.351 e. The lowest BCUT2D eigenvalue weighted by Crippen LogP contribution is -2.31. The van der Waals surface area contributed by atoms with Gasteiger partial charge in [-0.3, -0.25) is 0 Å². The van der Waals surface area contributed by atoms with Gasteiger partial charge in [-0.2, -0.15) is 0 Å². The van der Waals surface area contributed by atoms with Crippen LogP contribution in [-0.4, -0.2) is 49.1 Å². The zero-order chi connectivity index (χ0) is 13.1. The summed E-state index contributed by atoms with van der Waals surface area (Å²) in [6, 6.07) is 0.522. The van der Waals surface area contributed by atoms with Gasteiger partial charge in [-0.1, -0.05) is 22.9 Å². The number of hydrogen-bond acceptors (Lipinski definition) is 6. The fourth-order valence-electron chi connectivity index (χ4n) is 2.04. The number of ether oxygens (including phenoxy) is 1. The minimum atomic E-state index is -0.441. The first-order valence-corrected chi connectivity index (χ1v) is 7.00. The predicted molar refractivity (Wildman–Crippen MR) is 72.6 cm³/mol. The first-order valence-electron chi connectivity index (χ1n) is 5.80. The highest BCUT2D eigenvalue weighted by Gasteiger charge is 2.22. The quantitative estimate of drug-likeness (QED) is 0.860. The molecular weight excluding hydrogens is 274 g/mol. The lowest BCUT2D eigenvalue weighted by atomic mass is 10.2. The molecule has 7 heteroatoms. The third kappa shape index (κ3) is 2.93. The molecule has 1 N–H and O–H groups in total. The Balaban J connectivity index is 1.95. The zero-order valence-corrected chi connectivity index (χ0v) is 12.0. The van der Waals surface area contributed by atoms with Gasteiger partial charge in [0.05, 0.1) is 7.11 Å². The number of anilines is 1. The summed E-state index contributed by atoms with van der Waals surface area (Å²) < 4.78 is 4.64. The number of nitrogens with one attached hydrogen (secondary N) is 1. The SMILES string of the molecule is COC(=O)c1sc(NCC2CCCN2C)nc1Cl. The third-order valence-electron chi connectivity index (χ3n) is 3.12. The second kappa shape index (κ2) is 5.86. The van der Waals surface area contributed by atoms with Crippen molar-refractivity contribution < 1.29 is 9.53 Å². The van der Waals surface area contributed by atoms with E-state index in [1.165, 1.54) is 31.3 Å². The van der Waals surface area contributed by atoms with E-state index in [1.807, 2.05) is 0 Å². The average Bonchev–Trinajstić information content (AvgIpc) is 2.92. The van der Waals surface area contributed by atoms with Gasteiger partial charge in [-0.25, -0.2) is 9.78 Å². The third-order valence-corrected chi connectivity index (χ3v) is 4.50. The zero-order valence-electron chi connectivity index (χ0n) is 10.4. The molecule has 2 heterocycles. The Morgan fingerprint density at radius 2 is 2.50 bits per heavy atom. The maximum Gasteiger partial charge on any atom is 0.351 e. The van der Waals surface area contributed by atoms with Crippen LogP contribution in [0.1, 0.15) is 22.5 Å². The molecule has 0 spiro atoms. The Morgan fingerprint density at radius 1 is 1.72 bits per heavy atom. The maximum atomic E-state index is 11.4. The number of carbonyl (C=O) groups excluding carboxylic acids is 1. The van der Waals surface area contributed by atoms with Crippen molar-refractivity contribution in [3.8, 4) is 0 Å². The summed E-state index contributed by atoms with van der Waals surface area (Å²) in [4.78, 5) is 18.2. The van der Waals surface area contributed by atoms with Gasteiger partial charge in [-0.05, 0) is 26.4 Å². The average molecular weight is 290 g/mol. The Bertz CT molecular complexity index is 438. The minimum absolute atomic E-state index is 0.203. The van der Waals surface area contributed by atoms with E-state index in [-0.39, 0.29) is 5.15 Å². The summed E-state index contributed by atoms with van der Waals surface area (Å²) in [5.41, 5.74) is 0. The summed E-state index contributed by atoms with van der Waals surface area (Å²) in [5.74, 6) is -0.441. The number of rotatable bonds is 4. The molecule has 1 saturated heterocycles. The number of hydrogen-bond donors (Lipinski definition) is 1. The Labute approximate surface area is 115 Å². The number of methoxy groups -OCH3 is 1. The van der Waals surface area contributed by atoms with Crippen LogP contribution in [0, 0.1) is 0 Å². The lowest BCUT2D eigenvalue weighted by Gasteiger charge is -2.19. The molecule has 0 aliphatic carbocycles. The van der Waals surface area contributed by atoms with Crippen LogP contribution in [-0.2, 0) is 4.74 Å². The summed E-state index contributed by atoms with van der Waals surface area (Å²) in [6.45, 7) is 1.96. The highest BCUT2D eigenvalue weighted by molar-refractivity contribution is 7.18. The highest BCUT2D eigenvalue weighted by atomic mass is 35.5. The molecule has 1 fully saturated rings. The fraction of sp³-hybridized carbons (Fsp3) is 0.636. The molecule has 1 atom stereocenters. The Morgan fingerprint density at radius 3 is 3.11 bits per heavy atom. The topological polar surface area (TPSA) is 54.5 Å². The molecule has 18 heavy (non-hydrogen) atoms. The number of esters is 1. The van der Waals surface area contributed by atoms with Gasteiger partial charge in [-0.15, -0.1) is 0 Å². The van der Waals surface area contributed by atoms with Crippen LogP contribution < -0.4 is 5.32 Å². The van der Waals surface area contributed by atoms with Gasteiger partial charge >= 0.3 is 5.97 Å². The lowest BCUT2D eigenvalue weighted by molar-refractivity contribution is 0.0606. The van der Waals surface area contributed by atoms with Gasteiger partial charge in [0.1, 0.15) is 0 Å². The van der Waals surface area contributed by atoms with Crippen LogP contribution >= 0.6 is 22.9 Å². The second-order valence-electron chi connectivity index (χ2n) is 4.29. The van der Waals surface area contributed by atoms with Crippen LogP contribution in [0.3, 0.4) is 0 Å². The number of thiazole rings is 1. The number of nitrogens with zero attached hydrogens (tertiary/aromatic N) is 2. The van der Waals surface area contributed by atoms with Crippen molar-refractivity contribution in [1.82, 2.24) is 9.88 Å². The first-order chi connectivity index (χ1) is 8.61. The summed E-state index contributed by atoms with van der Waals surface area (Å²) in [7, 11) is 3.45. The van der Waals surface area contributed by atoms with Crippen LogP contribution in [0.15, 0.2) is 0 Å². The van der Waals surface area contributed by atoms with Crippen molar-refractivity contribution >= 4 is 34.0 Å². The molecule has 1 aromatic rings. The van der Waals surface area contributed by atoms with Gasteiger partial charge in [0, 0.05) is 12.6 Å². The number of aromatic nitrogens is 1. The van der Waals surface area contributed by atoms with Crippen molar-refractivity contribution in [2.45, 2.75) is 18.9 Å². The molecule has 2 rings (SSSR count). The molecular formula is C11H16ClN3O2S. The van der Waals surface area contributed by atoms with E-state index in [9.17, 15) is 4.79 Å². The monoisotopic (exact) mass is 289 g/mol. The minimum Gasteiger partial charge on any atom is -0.465 e.